The number of aryl methyl sites for hydroxylation is 1. The Balaban J connectivity index is 1.70. The Hall–Kier alpha value is -2.05. The summed E-state index contributed by atoms with van der Waals surface area (Å²) in [6.07, 6.45) is 0. The number of hydrogen-bond acceptors (Lipinski definition) is 5. The molecule has 23 heavy (non-hydrogen) atoms. The molecule has 4 nitrogen and oxygen atoms in total. The van der Waals surface area contributed by atoms with Crippen molar-refractivity contribution in [1.82, 2.24) is 0 Å². The van der Waals surface area contributed by atoms with E-state index in [4.69, 9.17) is 12.2 Å². The van der Waals surface area contributed by atoms with Crippen molar-refractivity contribution in [2.24, 2.45) is 0 Å². The third-order valence-corrected chi connectivity index (χ3v) is 5.06. The molecule has 2 aromatic carbocycles. The number of nitrogens with one attached hydrogen (secondary N) is 1. The zero-order chi connectivity index (χ0) is 16.4. The zero-order valence-electron chi connectivity index (χ0n) is 12.5. The average molecular weight is 344 g/mol. The molecule has 1 amide bonds. The van der Waals surface area contributed by atoms with Crippen LogP contribution in [0.4, 0.5) is 11.4 Å². The average Bonchev–Trinajstić information content (AvgIpc) is 2.81. The van der Waals surface area contributed by atoms with Crippen LogP contribution in [0.25, 0.3) is 0 Å². The summed E-state index contributed by atoms with van der Waals surface area (Å²) in [5.74, 6) is 0.175. The highest BCUT2D eigenvalue weighted by atomic mass is 32.2. The molecule has 0 spiro atoms. The van der Waals surface area contributed by atoms with Crippen LogP contribution in [0.1, 0.15) is 5.56 Å². The number of carbonyl (C=O) groups excluding carboxylic acids is 1. The molecule has 1 saturated heterocycles. The van der Waals surface area contributed by atoms with Gasteiger partial charge in [0.2, 0.25) is 5.91 Å². The number of thioether (sulfide) groups is 1. The molecule has 1 atom stereocenters. The second-order valence-electron chi connectivity index (χ2n) is 5.31. The van der Waals surface area contributed by atoms with Gasteiger partial charge in [0.25, 0.3) is 0 Å². The number of hydrogen-bond donors (Lipinski definition) is 2. The molecule has 0 bridgehead atoms. The zero-order valence-corrected chi connectivity index (χ0v) is 14.2. The van der Waals surface area contributed by atoms with E-state index in [9.17, 15) is 9.90 Å². The molecule has 118 valence electrons. The molecular formula is C17H16N2O2S2. The Morgan fingerprint density at radius 1 is 1.26 bits per heavy atom. The number of nitrogens with zero attached hydrogens (tertiary/aromatic N) is 1. The summed E-state index contributed by atoms with van der Waals surface area (Å²) in [4.78, 5) is 14.2. The van der Waals surface area contributed by atoms with Gasteiger partial charge in [-0.2, -0.15) is 0 Å². The summed E-state index contributed by atoms with van der Waals surface area (Å²) < 4.78 is 0.571. The standard InChI is InChI=1S/C17H16N2O2S2/c1-11-5-7-13(8-6-11)19-16(21)15(23-17(19)22)10-18-12-3-2-4-14(20)9-12/h2-9,15,18,20H,10H2,1H3. The van der Waals surface area contributed by atoms with Gasteiger partial charge in [0.1, 0.15) is 15.3 Å². The number of anilines is 2. The maximum Gasteiger partial charge on any atom is 0.247 e. The maximum absolute atomic E-state index is 12.6. The lowest BCUT2D eigenvalue weighted by Gasteiger charge is -2.16. The van der Waals surface area contributed by atoms with E-state index >= 15 is 0 Å². The lowest BCUT2D eigenvalue weighted by Crippen LogP contribution is -2.33. The molecule has 3 rings (SSSR count). The van der Waals surface area contributed by atoms with Crippen LogP contribution >= 0.6 is 24.0 Å². The predicted octanol–water partition coefficient (Wildman–Crippen LogP) is 3.55. The maximum atomic E-state index is 12.6. The summed E-state index contributed by atoms with van der Waals surface area (Å²) in [5, 5.41) is 12.4. The second kappa shape index (κ2) is 6.60. The highest BCUT2D eigenvalue weighted by Gasteiger charge is 2.37. The van der Waals surface area contributed by atoms with Crippen molar-refractivity contribution in [3.8, 4) is 5.75 Å². The largest absolute Gasteiger partial charge is 0.508 e. The van der Waals surface area contributed by atoms with Crippen molar-refractivity contribution in [2.75, 3.05) is 16.8 Å². The van der Waals surface area contributed by atoms with E-state index in [2.05, 4.69) is 5.32 Å². The van der Waals surface area contributed by atoms with Crippen molar-refractivity contribution in [3.05, 3.63) is 54.1 Å². The molecule has 1 unspecified atom stereocenters. The molecule has 1 aliphatic heterocycles. The summed E-state index contributed by atoms with van der Waals surface area (Å²) in [7, 11) is 0. The van der Waals surface area contributed by atoms with Crippen LogP contribution < -0.4 is 10.2 Å². The molecule has 2 N–H and O–H groups in total. The van der Waals surface area contributed by atoms with Gasteiger partial charge < -0.3 is 10.4 Å². The lowest BCUT2D eigenvalue weighted by atomic mass is 10.2. The fourth-order valence-corrected chi connectivity index (χ4v) is 3.80. The Morgan fingerprint density at radius 2 is 2.00 bits per heavy atom. The fraction of sp³-hybridized carbons (Fsp3) is 0.176. The third-order valence-electron chi connectivity index (χ3n) is 3.55. The predicted molar refractivity (Wildman–Crippen MR) is 99.2 cm³/mol. The van der Waals surface area contributed by atoms with Crippen molar-refractivity contribution in [2.45, 2.75) is 12.2 Å². The van der Waals surface area contributed by atoms with Crippen LogP contribution in [-0.2, 0) is 4.79 Å². The van der Waals surface area contributed by atoms with Crippen molar-refractivity contribution >= 4 is 45.6 Å². The van der Waals surface area contributed by atoms with E-state index in [1.165, 1.54) is 11.8 Å². The SMILES string of the molecule is Cc1ccc(N2C(=O)C(CNc3cccc(O)c3)SC2=S)cc1. The number of thiocarbonyl (C=S) groups is 1. The van der Waals surface area contributed by atoms with Gasteiger partial charge >= 0.3 is 0 Å². The molecule has 1 heterocycles. The minimum atomic E-state index is -0.272. The van der Waals surface area contributed by atoms with Crippen LogP contribution in [0, 0.1) is 6.92 Å². The van der Waals surface area contributed by atoms with Crippen LogP contribution in [0.2, 0.25) is 0 Å². The van der Waals surface area contributed by atoms with E-state index < -0.39 is 0 Å². The number of carbonyl (C=O) groups is 1. The Labute approximate surface area is 144 Å². The van der Waals surface area contributed by atoms with Gasteiger partial charge in [-0.1, -0.05) is 47.7 Å². The Morgan fingerprint density at radius 3 is 2.70 bits per heavy atom. The Kier molecular flexibility index (Phi) is 4.54. The first-order valence-electron chi connectivity index (χ1n) is 7.19. The first-order chi connectivity index (χ1) is 11.0. The van der Waals surface area contributed by atoms with Gasteiger partial charge in [0.05, 0.1) is 5.69 Å². The molecule has 6 heteroatoms. The third kappa shape index (κ3) is 3.48. The van der Waals surface area contributed by atoms with E-state index in [1.54, 1.807) is 23.1 Å². The number of phenols is 1. The van der Waals surface area contributed by atoms with E-state index in [-0.39, 0.29) is 16.9 Å². The number of amides is 1. The monoisotopic (exact) mass is 344 g/mol. The molecule has 0 aromatic heterocycles. The van der Waals surface area contributed by atoms with E-state index in [0.29, 0.717) is 10.9 Å². The highest BCUT2D eigenvalue weighted by molar-refractivity contribution is 8.25. The molecule has 1 fully saturated rings. The molecule has 1 aliphatic rings. The van der Waals surface area contributed by atoms with Crippen LogP contribution in [0.15, 0.2) is 48.5 Å². The van der Waals surface area contributed by atoms with E-state index in [0.717, 1.165) is 16.9 Å². The highest BCUT2D eigenvalue weighted by Crippen LogP contribution is 2.32. The van der Waals surface area contributed by atoms with Gasteiger partial charge in [-0.3, -0.25) is 9.69 Å². The van der Waals surface area contributed by atoms with Crippen molar-refractivity contribution < 1.29 is 9.90 Å². The van der Waals surface area contributed by atoms with Gasteiger partial charge in [-0.15, -0.1) is 0 Å². The topological polar surface area (TPSA) is 52.6 Å². The van der Waals surface area contributed by atoms with Gasteiger partial charge in [-0.05, 0) is 31.2 Å². The number of phenolic OH excluding ortho intramolecular Hbond substituents is 1. The summed E-state index contributed by atoms with van der Waals surface area (Å²) in [5.41, 5.74) is 2.72. The molecular weight excluding hydrogens is 328 g/mol. The number of rotatable bonds is 4. The smallest absolute Gasteiger partial charge is 0.247 e. The van der Waals surface area contributed by atoms with Crippen molar-refractivity contribution in [3.63, 3.8) is 0 Å². The van der Waals surface area contributed by atoms with E-state index in [1.807, 2.05) is 37.3 Å². The molecule has 0 radical (unpaired) electrons. The molecule has 0 saturated carbocycles. The fourth-order valence-electron chi connectivity index (χ4n) is 2.34. The summed E-state index contributed by atoms with van der Waals surface area (Å²) in [6, 6.07) is 14.6. The first kappa shape index (κ1) is 15.8. The summed E-state index contributed by atoms with van der Waals surface area (Å²) >= 11 is 6.75. The minimum absolute atomic E-state index is 0.0171. The molecule has 0 aliphatic carbocycles. The minimum Gasteiger partial charge on any atom is -0.508 e. The van der Waals surface area contributed by atoms with Crippen molar-refractivity contribution in [1.29, 1.82) is 0 Å². The normalized spacial score (nSPS) is 17.6. The van der Waals surface area contributed by atoms with Gasteiger partial charge in [-0.25, -0.2) is 0 Å². The second-order valence-corrected chi connectivity index (χ2v) is 7.15. The Bertz CT molecular complexity index is 747. The summed E-state index contributed by atoms with van der Waals surface area (Å²) in [6.45, 7) is 2.46. The van der Waals surface area contributed by atoms with Gasteiger partial charge in [0.15, 0.2) is 0 Å². The number of benzene rings is 2. The van der Waals surface area contributed by atoms with Gasteiger partial charge in [0, 0.05) is 18.3 Å². The first-order valence-corrected chi connectivity index (χ1v) is 8.47. The molecule has 2 aromatic rings. The quantitative estimate of drug-likeness (QED) is 0.831. The van der Waals surface area contributed by atoms with Crippen LogP contribution in [0.5, 0.6) is 5.75 Å². The number of aromatic hydroxyl groups is 1. The van der Waals surface area contributed by atoms with Crippen LogP contribution in [0.3, 0.4) is 0 Å². The lowest BCUT2D eigenvalue weighted by molar-refractivity contribution is -0.116. The van der Waals surface area contributed by atoms with Crippen LogP contribution in [-0.4, -0.2) is 27.1 Å².